The van der Waals surface area contributed by atoms with Gasteiger partial charge >= 0.3 is 6.03 Å². The van der Waals surface area contributed by atoms with Crippen LogP contribution in [-0.2, 0) is 11.3 Å². The number of fused-ring (bicyclic) bond motifs is 1. The Kier molecular flexibility index (Phi) is 7.98. The molecule has 4 N–H and O–H groups in total. The van der Waals surface area contributed by atoms with Crippen LogP contribution in [0.5, 0.6) is 0 Å². The highest BCUT2D eigenvalue weighted by Crippen LogP contribution is 2.55. The third-order valence-electron chi connectivity index (χ3n) is 7.99. The summed E-state index contributed by atoms with van der Waals surface area (Å²) in [6, 6.07) is 2.96. The minimum atomic E-state index is -0.684. The molecule has 0 heterocycles. The van der Waals surface area contributed by atoms with Crippen molar-refractivity contribution in [1.82, 2.24) is 16.0 Å². The number of carbonyl (C=O) groups is 2. The zero-order valence-electron chi connectivity index (χ0n) is 20.0. The smallest absolute Gasteiger partial charge is 0.315 e. The van der Waals surface area contributed by atoms with Gasteiger partial charge in [-0.3, -0.25) is 4.79 Å². The Hall–Kier alpha value is -2.22. The maximum atomic E-state index is 13.4. The molecule has 8 heteroatoms. The third kappa shape index (κ3) is 5.65. The summed E-state index contributed by atoms with van der Waals surface area (Å²) in [5, 5.41) is 20.0. The predicted molar refractivity (Wildman–Crippen MR) is 122 cm³/mol. The van der Waals surface area contributed by atoms with Crippen LogP contribution in [0, 0.1) is 40.7 Å². The van der Waals surface area contributed by atoms with Gasteiger partial charge in [0.2, 0.25) is 5.91 Å². The van der Waals surface area contributed by atoms with Gasteiger partial charge in [-0.25, -0.2) is 13.6 Å². The molecule has 0 unspecified atom stereocenters. The van der Waals surface area contributed by atoms with Gasteiger partial charge in [0.1, 0.15) is 11.6 Å². The molecule has 1 aromatic rings. The Morgan fingerprint density at radius 3 is 2.42 bits per heavy atom. The van der Waals surface area contributed by atoms with Crippen LogP contribution in [0.1, 0.15) is 58.9 Å². The van der Waals surface area contributed by atoms with E-state index in [0.29, 0.717) is 12.1 Å². The van der Waals surface area contributed by atoms with Gasteiger partial charge in [-0.2, -0.15) is 0 Å². The summed E-state index contributed by atoms with van der Waals surface area (Å²) in [5.41, 5.74) is 0.314. The van der Waals surface area contributed by atoms with Gasteiger partial charge in [-0.1, -0.05) is 20.8 Å². The molecule has 0 saturated heterocycles. The zero-order valence-corrected chi connectivity index (χ0v) is 20.0. The Labute approximate surface area is 194 Å². The van der Waals surface area contributed by atoms with Crippen LogP contribution in [-0.4, -0.2) is 35.7 Å². The van der Waals surface area contributed by atoms with Gasteiger partial charge < -0.3 is 21.1 Å². The van der Waals surface area contributed by atoms with E-state index in [-0.39, 0.29) is 47.7 Å². The lowest BCUT2D eigenvalue weighted by Gasteiger charge is -2.56. The highest BCUT2D eigenvalue weighted by atomic mass is 19.1. The molecule has 2 aliphatic rings. The van der Waals surface area contributed by atoms with E-state index in [1.54, 1.807) is 6.92 Å². The van der Waals surface area contributed by atoms with Crippen molar-refractivity contribution in [3.63, 3.8) is 0 Å². The average molecular weight is 466 g/mol. The molecular weight excluding hydrogens is 428 g/mol. The summed E-state index contributed by atoms with van der Waals surface area (Å²) in [6.07, 6.45) is 2.74. The molecule has 7 atom stereocenters. The zero-order chi connectivity index (χ0) is 24.3. The first-order chi connectivity index (χ1) is 15.6. The van der Waals surface area contributed by atoms with E-state index in [4.69, 9.17) is 0 Å². The third-order valence-corrected chi connectivity index (χ3v) is 7.99. The van der Waals surface area contributed by atoms with Gasteiger partial charge in [-0.05, 0) is 73.5 Å². The van der Waals surface area contributed by atoms with Crippen LogP contribution in [0.15, 0.2) is 18.2 Å². The van der Waals surface area contributed by atoms with Crippen molar-refractivity contribution in [2.75, 3.05) is 6.54 Å². The molecule has 0 bridgehead atoms. The van der Waals surface area contributed by atoms with E-state index in [0.717, 1.165) is 31.7 Å². The summed E-state index contributed by atoms with van der Waals surface area (Å²) in [7, 11) is 0. The SMILES string of the molecule is CCNC(=O)N[C@H]1CC[C@]2(C)CC[C@H]([C@H](C)C(=O)NCc3cc(F)cc(F)c3)[C@H](O)[C@H]2[C@@H]1C. The second-order valence-corrected chi connectivity index (χ2v) is 10.2. The molecule has 0 aromatic heterocycles. The van der Waals surface area contributed by atoms with Crippen LogP contribution in [0.2, 0.25) is 0 Å². The molecule has 184 valence electrons. The lowest BCUT2D eigenvalue weighted by Crippen LogP contribution is -2.59. The normalized spacial score (nSPS) is 32.4. The lowest BCUT2D eigenvalue weighted by atomic mass is 9.52. The van der Waals surface area contributed by atoms with Crippen molar-refractivity contribution in [3.8, 4) is 0 Å². The fourth-order valence-corrected chi connectivity index (χ4v) is 6.14. The number of rotatable bonds is 6. The summed E-state index contributed by atoms with van der Waals surface area (Å²) in [6.45, 7) is 8.53. The van der Waals surface area contributed by atoms with Crippen LogP contribution in [0.3, 0.4) is 0 Å². The Morgan fingerprint density at radius 1 is 1.15 bits per heavy atom. The van der Waals surface area contributed by atoms with Crippen molar-refractivity contribution >= 4 is 11.9 Å². The number of aliphatic hydroxyl groups excluding tert-OH is 1. The number of halogens is 2. The van der Waals surface area contributed by atoms with E-state index in [9.17, 15) is 23.5 Å². The number of carbonyl (C=O) groups excluding carboxylic acids is 2. The molecule has 33 heavy (non-hydrogen) atoms. The van der Waals surface area contributed by atoms with Gasteiger partial charge in [0.15, 0.2) is 0 Å². The van der Waals surface area contributed by atoms with E-state index < -0.39 is 23.7 Å². The molecule has 0 radical (unpaired) electrons. The Bertz CT molecular complexity index is 847. The van der Waals surface area contributed by atoms with E-state index in [1.807, 2.05) is 6.92 Å². The second kappa shape index (κ2) is 10.4. The molecule has 2 aliphatic carbocycles. The second-order valence-electron chi connectivity index (χ2n) is 10.2. The number of aliphatic hydroxyl groups is 1. The van der Waals surface area contributed by atoms with Crippen molar-refractivity contribution in [1.29, 1.82) is 0 Å². The van der Waals surface area contributed by atoms with Crippen LogP contribution < -0.4 is 16.0 Å². The lowest BCUT2D eigenvalue weighted by molar-refractivity contribution is -0.142. The van der Waals surface area contributed by atoms with E-state index in [1.165, 1.54) is 12.1 Å². The monoisotopic (exact) mass is 465 g/mol. The highest BCUT2D eigenvalue weighted by molar-refractivity contribution is 5.78. The molecule has 2 saturated carbocycles. The first kappa shape index (κ1) is 25.4. The fraction of sp³-hybridized carbons (Fsp3) is 0.680. The van der Waals surface area contributed by atoms with E-state index in [2.05, 4.69) is 29.8 Å². The summed E-state index contributed by atoms with van der Waals surface area (Å²) < 4.78 is 26.8. The number of hydrogen-bond donors (Lipinski definition) is 4. The molecule has 3 amide bonds. The minimum Gasteiger partial charge on any atom is -0.392 e. The molecule has 0 aliphatic heterocycles. The number of nitrogens with one attached hydrogen (secondary N) is 3. The summed E-state index contributed by atoms with van der Waals surface area (Å²) >= 11 is 0. The summed E-state index contributed by atoms with van der Waals surface area (Å²) in [5.74, 6) is -2.26. The van der Waals surface area contributed by atoms with Crippen LogP contribution >= 0.6 is 0 Å². The van der Waals surface area contributed by atoms with Crippen LogP contribution in [0.4, 0.5) is 13.6 Å². The van der Waals surface area contributed by atoms with Gasteiger partial charge in [-0.15, -0.1) is 0 Å². The quantitative estimate of drug-likeness (QED) is 0.516. The van der Waals surface area contributed by atoms with Crippen molar-refractivity contribution < 1.29 is 23.5 Å². The van der Waals surface area contributed by atoms with Crippen molar-refractivity contribution in [3.05, 3.63) is 35.4 Å². The predicted octanol–water partition coefficient (Wildman–Crippen LogP) is 3.73. The molecule has 1 aromatic carbocycles. The number of amides is 3. The van der Waals surface area contributed by atoms with Crippen molar-refractivity contribution in [2.24, 2.45) is 29.1 Å². The first-order valence-electron chi connectivity index (χ1n) is 12.0. The number of urea groups is 1. The molecule has 0 spiro atoms. The Morgan fingerprint density at radius 2 is 1.79 bits per heavy atom. The minimum absolute atomic E-state index is 0.0246. The number of hydrogen-bond acceptors (Lipinski definition) is 3. The fourth-order valence-electron chi connectivity index (χ4n) is 6.14. The van der Waals surface area contributed by atoms with Crippen molar-refractivity contribution in [2.45, 2.75) is 72.1 Å². The van der Waals surface area contributed by atoms with E-state index >= 15 is 0 Å². The maximum absolute atomic E-state index is 13.4. The van der Waals surface area contributed by atoms with Crippen LogP contribution in [0.25, 0.3) is 0 Å². The van der Waals surface area contributed by atoms with Gasteiger partial charge in [0, 0.05) is 31.1 Å². The number of benzene rings is 1. The largest absolute Gasteiger partial charge is 0.392 e. The van der Waals surface area contributed by atoms with Gasteiger partial charge in [0.05, 0.1) is 6.10 Å². The standard InChI is InChI=1S/C25H37F2N3O3/c1-5-28-24(33)30-20-7-9-25(4)8-6-19(22(31)21(25)15(20)3)14(2)23(32)29-13-16-10-17(26)12-18(27)11-16/h10-12,14-15,19-22,31H,5-9,13H2,1-4H3,(H,29,32)(H2,28,30,33)/t14-,15+,19+,20-,21+,22-,25-/m0/s1. The highest BCUT2D eigenvalue weighted by Gasteiger charge is 2.53. The molecule has 3 rings (SSSR count). The average Bonchev–Trinajstić information content (AvgIpc) is 2.73. The topological polar surface area (TPSA) is 90.5 Å². The maximum Gasteiger partial charge on any atom is 0.315 e. The Balaban J connectivity index is 1.66. The summed E-state index contributed by atoms with van der Waals surface area (Å²) in [4.78, 5) is 24.9. The first-order valence-corrected chi connectivity index (χ1v) is 12.0. The van der Waals surface area contributed by atoms with Gasteiger partial charge in [0.25, 0.3) is 0 Å². The molecular formula is C25H37F2N3O3. The molecule has 6 nitrogen and oxygen atoms in total. The molecule has 2 fully saturated rings.